The Morgan fingerprint density at radius 3 is 2.06 bits per heavy atom. The number of alkyl halides is 2. The second kappa shape index (κ2) is 9.55. The topological polar surface area (TPSA) is 81.7 Å². The molecular weight excluding hydrogens is 522 g/mol. The van der Waals surface area contributed by atoms with E-state index in [2.05, 4.69) is 20.7 Å². The lowest BCUT2D eigenvalue weighted by Gasteiger charge is -2.46. The average Bonchev–Trinajstić information content (AvgIpc) is 2.61. The molecule has 1 unspecified atom stereocenters. The largest absolute Gasteiger partial charge is 0.464 e. The van der Waals surface area contributed by atoms with Crippen molar-refractivity contribution in [3.8, 4) is 0 Å². The van der Waals surface area contributed by atoms with Crippen molar-refractivity contribution in [3.63, 3.8) is 0 Å². The van der Waals surface area contributed by atoms with Crippen molar-refractivity contribution in [1.82, 2.24) is 4.72 Å². The molecule has 0 heterocycles. The first-order valence-electron chi connectivity index (χ1n) is 9.59. The summed E-state index contributed by atoms with van der Waals surface area (Å²) in [5.41, 5.74) is -6.27. The van der Waals surface area contributed by atoms with Crippen LogP contribution in [0.5, 0.6) is 0 Å². The number of carbonyl (C=O) groups excluding carboxylic acids is 1. The molecular formula is C20H28BrF4NO5S. The molecule has 0 radical (unpaired) electrons. The van der Waals surface area contributed by atoms with Crippen molar-refractivity contribution in [1.29, 1.82) is 0 Å². The van der Waals surface area contributed by atoms with Gasteiger partial charge in [-0.15, -0.1) is 0 Å². The van der Waals surface area contributed by atoms with Crippen LogP contribution in [0.2, 0.25) is 0 Å². The standard InChI is InChI=1S/C20H28BrF4NO5S/c1-8-30-16(27)11-31-18(5,6)20(24,25)19(7,26-32(28,29)17(2,3)4)12-9-13(21)15(23)10-14(12)22/h9-10,26H,8,11H2,1-7H3. The normalized spacial score (nSPS) is 15.4. The van der Waals surface area contributed by atoms with Crippen LogP contribution in [0.4, 0.5) is 17.6 Å². The number of halogens is 5. The Bertz CT molecular complexity index is 963. The molecule has 0 aliphatic carbocycles. The number of rotatable bonds is 9. The first-order valence-corrected chi connectivity index (χ1v) is 11.9. The molecule has 0 saturated carbocycles. The zero-order valence-corrected chi connectivity index (χ0v) is 21.3. The van der Waals surface area contributed by atoms with Gasteiger partial charge in [-0.2, -0.15) is 4.72 Å². The van der Waals surface area contributed by atoms with Gasteiger partial charge >= 0.3 is 5.97 Å². The molecule has 1 rings (SSSR count). The molecule has 0 bridgehead atoms. The Labute approximate surface area is 194 Å². The van der Waals surface area contributed by atoms with Gasteiger partial charge < -0.3 is 9.47 Å². The highest BCUT2D eigenvalue weighted by molar-refractivity contribution is 9.10. The summed E-state index contributed by atoms with van der Waals surface area (Å²) in [6.07, 6.45) is 0. The minimum Gasteiger partial charge on any atom is -0.464 e. The number of benzene rings is 1. The fourth-order valence-corrected chi connectivity index (χ4v) is 4.18. The third kappa shape index (κ3) is 5.63. The Morgan fingerprint density at radius 1 is 1.06 bits per heavy atom. The summed E-state index contributed by atoms with van der Waals surface area (Å²) in [5, 5.41) is 0. The molecule has 0 aliphatic heterocycles. The van der Waals surface area contributed by atoms with Gasteiger partial charge in [0.25, 0.3) is 5.92 Å². The highest BCUT2D eigenvalue weighted by Gasteiger charge is 2.64. The van der Waals surface area contributed by atoms with E-state index in [1.807, 2.05) is 4.72 Å². The number of nitrogens with one attached hydrogen (secondary N) is 1. The second-order valence-corrected chi connectivity index (χ2v) is 12.1. The monoisotopic (exact) mass is 549 g/mol. The Balaban J connectivity index is 3.72. The first-order chi connectivity index (χ1) is 14.2. The van der Waals surface area contributed by atoms with Crippen LogP contribution in [0, 0.1) is 11.6 Å². The van der Waals surface area contributed by atoms with E-state index in [1.54, 1.807) is 0 Å². The number of hydrogen-bond acceptors (Lipinski definition) is 5. The summed E-state index contributed by atoms with van der Waals surface area (Å²) < 4.78 is 96.1. The van der Waals surface area contributed by atoms with Crippen molar-refractivity contribution in [2.75, 3.05) is 13.2 Å². The summed E-state index contributed by atoms with van der Waals surface area (Å²) in [7, 11) is -4.48. The quantitative estimate of drug-likeness (QED) is 0.275. The smallest absolute Gasteiger partial charge is 0.332 e. The van der Waals surface area contributed by atoms with Crippen LogP contribution in [0.1, 0.15) is 54.0 Å². The summed E-state index contributed by atoms with van der Waals surface area (Å²) in [6.45, 7) is 7.09. The second-order valence-electron chi connectivity index (χ2n) is 8.77. The molecule has 32 heavy (non-hydrogen) atoms. The van der Waals surface area contributed by atoms with Gasteiger partial charge in [0, 0.05) is 11.6 Å². The highest BCUT2D eigenvalue weighted by Crippen LogP contribution is 2.48. The van der Waals surface area contributed by atoms with Gasteiger partial charge in [0.05, 0.1) is 15.8 Å². The van der Waals surface area contributed by atoms with E-state index in [0.29, 0.717) is 6.07 Å². The van der Waals surface area contributed by atoms with Crippen LogP contribution in [0.15, 0.2) is 16.6 Å². The summed E-state index contributed by atoms with van der Waals surface area (Å²) >= 11 is 2.82. The summed E-state index contributed by atoms with van der Waals surface area (Å²) in [5.74, 6) is -7.54. The molecule has 6 nitrogen and oxygen atoms in total. The number of hydrogen-bond donors (Lipinski definition) is 1. The fourth-order valence-electron chi connectivity index (χ4n) is 2.75. The molecule has 0 saturated heterocycles. The van der Waals surface area contributed by atoms with E-state index < -0.39 is 61.6 Å². The van der Waals surface area contributed by atoms with Crippen LogP contribution in [0.3, 0.4) is 0 Å². The van der Waals surface area contributed by atoms with Gasteiger partial charge in [0.15, 0.2) is 0 Å². The van der Waals surface area contributed by atoms with Gasteiger partial charge in [-0.1, -0.05) is 0 Å². The zero-order chi connectivity index (χ0) is 25.3. The molecule has 12 heteroatoms. The molecule has 0 aliphatic rings. The molecule has 0 spiro atoms. The van der Waals surface area contributed by atoms with Crippen molar-refractivity contribution >= 4 is 31.9 Å². The number of ether oxygens (including phenoxy) is 2. The summed E-state index contributed by atoms with van der Waals surface area (Å²) in [6, 6.07) is 1.11. The van der Waals surface area contributed by atoms with Crippen LogP contribution >= 0.6 is 15.9 Å². The third-order valence-electron chi connectivity index (χ3n) is 4.93. The molecule has 0 amide bonds. The van der Waals surface area contributed by atoms with E-state index in [9.17, 15) is 22.0 Å². The van der Waals surface area contributed by atoms with Crippen LogP contribution in [-0.4, -0.2) is 43.9 Å². The first kappa shape index (κ1) is 28.8. The van der Waals surface area contributed by atoms with Crippen LogP contribution in [-0.2, 0) is 29.8 Å². The maximum atomic E-state index is 16.0. The number of carbonyl (C=O) groups is 1. The van der Waals surface area contributed by atoms with E-state index in [0.717, 1.165) is 26.8 Å². The van der Waals surface area contributed by atoms with Gasteiger partial charge in [-0.25, -0.2) is 30.8 Å². The minimum atomic E-state index is -4.48. The van der Waals surface area contributed by atoms with Gasteiger partial charge in [0.2, 0.25) is 10.0 Å². The fraction of sp³-hybridized carbons (Fsp3) is 0.650. The molecule has 1 aromatic carbocycles. The molecule has 1 N–H and O–H groups in total. The Kier molecular flexibility index (Phi) is 8.60. The van der Waals surface area contributed by atoms with Crippen molar-refractivity contribution < 1.29 is 40.2 Å². The Morgan fingerprint density at radius 2 is 1.59 bits per heavy atom. The van der Waals surface area contributed by atoms with E-state index in [4.69, 9.17) is 4.74 Å². The number of sulfonamides is 1. The predicted molar refractivity (Wildman–Crippen MR) is 115 cm³/mol. The van der Waals surface area contributed by atoms with E-state index >= 15 is 8.78 Å². The minimum absolute atomic E-state index is 0.00305. The molecule has 0 aromatic heterocycles. The molecule has 1 atom stereocenters. The SMILES string of the molecule is CCOC(=O)COC(C)(C)C(F)(F)C(C)(NS(=O)(=O)C(C)(C)C)c1cc(Br)c(F)cc1F. The molecule has 0 fully saturated rings. The van der Waals surface area contributed by atoms with Gasteiger partial charge in [0.1, 0.15) is 29.4 Å². The van der Waals surface area contributed by atoms with Crippen LogP contribution in [0.25, 0.3) is 0 Å². The van der Waals surface area contributed by atoms with Crippen molar-refractivity contribution in [2.45, 2.75) is 70.3 Å². The van der Waals surface area contributed by atoms with E-state index in [-0.39, 0.29) is 11.1 Å². The number of esters is 1. The zero-order valence-electron chi connectivity index (χ0n) is 18.9. The van der Waals surface area contributed by atoms with E-state index in [1.165, 1.54) is 27.7 Å². The summed E-state index contributed by atoms with van der Waals surface area (Å²) in [4.78, 5) is 11.6. The van der Waals surface area contributed by atoms with Crippen LogP contribution < -0.4 is 4.72 Å². The lowest BCUT2D eigenvalue weighted by molar-refractivity contribution is -0.231. The molecule has 184 valence electrons. The lowest BCUT2D eigenvalue weighted by Crippen LogP contribution is -2.66. The molecule has 1 aromatic rings. The maximum Gasteiger partial charge on any atom is 0.332 e. The highest BCUT2D eigenvalue weighted by atomic mass is 79.9. The third-order valence-corrected chi connectivity index (χ3v) is 7.83. The van der Waals surface area contributed by atoms with Gasteiger partial charge in [-0.3, -0.25) is 0 Å². The lowest BCUT2D eigenvalue weighted by atomic mass is 9.78. The predicted octanol–water partition coefficient (Wildman–Crippen LogP) is 4.65. The van der Waals surface area contributed by atoms with Gasteiger partial charge in [-0.05, 0) is 70.5 Å². The maximum absolute atomic E-state index is 16.0. The Hall–Kier alpha value is -1.24. The van der Waals surface area contributed by atoms with Crippen molar-refractivity contribution in [3.05, 3.63) is 33.8 Å². The average molecular weight is 550 g/mol. The van der Waals surface area contributed by atoms with Crippen molar-refractivity contribution in [2.24, 2.45) is 0 Å².